The van der Waals surface area contributed by atoms with Gasteiger partial charge in [0.05, 0.1) is 5.38 Å². The van der Waals surface area contributed by atoms with Crippen LogP contribution in [-0.4, -0.2) is 0 Å². The molecule has 0 amide bonds. The lowest BCUT2D eigenvalue weighted by molar-refractivity contribution is 0.480. The number of benzene rings is 1. The van der Waals surface area contributed by atoms with E-state index in [9.17, 15) is 8.78 Å². The Labute approximate surface area is 104 Å². The fourth-order valence-corrected chi connectivity index (χ4v) is 2.60. The molecular weight excluding hydrogens is 253 g/mol. The van der Waals surface area contributed by atoms with Crippen molar-refractivity contribution < 1.29 is 8.78 Å². The van der Waals surface area contributed by atoms with Crippen LogP contribution in [0.4, 0.5) is 8.78 Å². The molecule has 1 aliphatic rings. The van der Waals surface area contributed by atoms with E-state index in [-0.39, 0.29) is 16.3 Å². The van der Waals surface area contributed by atoms with E-state index < -0.39 is 11.6 Å². The highest BCUT2D eigenvalue weighted by molar-refractivity contribution is 6.32. The van der Waals surface area contributed by atoms with E-state index in [4.69, 9.17) is 23.2 Å². The smallest absolute Gasteiger partial charge is 0.160 e. The van der Waals surface area contributed by atoms with Crippen LogP contribution >= 0.6 is 23.2 Å². The molecule has 0 aliphatic heterocycles. The maximum Gasteiger partial charge on any atom is 0.160 e. The minimum atomic E-state index is -0.934. The van der Waals surface area contributed by atoms with Gasteiger partial charge in [0.2, 0.25) is 0 Å². The molecule has 1 fully saturated rings. The molecule has 16 heavy (non-hydrogen) atoms. The Hall–Kier alpha value is -0.340. The lowest BCUT2D eigenvalue weighted by atomic mass is 9.96. The van der Waals surface area contributed by atoms with Gasteiger partial charge in [0.1, 0.15) is 0 Å². The highest BCUT2D eigenvalue weighted by atomic mass is 35.5. The Morgan fingerprint density at radius 1 is 1.25 bits per heavy atom. The molecule has 1 aromatic rings. The van der Waals surface area contributed by atoms with Crippen molar-refractivity contribution in [3.63, 3.8) is 0 Å². The third kappa shape index (κ3) is 2.33. The molecule has 88 valence electrons. The second-order valence-corrected chi connectivity index (χ2v) is 5.26. The maximum atomic E-state index is 13.1. The average molecular weight is 265 g/mol. The van der Waals surface area contributed by atoms with Gasteiger partial charge in [-0.15, -0.1) is 11.6 Å². The molecule has 2 atom stereocenters. The minimum Gasteiger partial charge on any atom is -0.204 e. The second kappa shape index (κ2) is 4.50. The molecule has 1 aliphatic carbocycles. The van der Waals surface area contributed by atoms with E-state index in [0.717, 1.165) is 25.0 Å². The molecule has 0 bridgehead atoms. The number of rotatable bonds is 3. The van der Waals surface area contributed by atoms with Crippen LogP contribution in [0.1, 0.15) is 30.7 Å². The standard InChI is InChI=1S/C12H12Cl2F2/c1-6(7-2-3-7)12(14)8-4-10(15)11(16)5-9(8)13/h4-7,12H,2-3H2,1H3. The van der Waals surface area contributed by atoms with Crippen molar-refractivity contribution in [2.75, 3.05) is 0 Å². The van der Waals surface area contributed by atoms with Crippen LogP contribution < -0.4 is 0 Å². The summed E-state index contributed by atoms with van der Waals surface area (Å²) >= 11 is 12.1. The van der Waals surface area contributed by atoms with Gasteiger partial charge < -0.3 is 0 Å². The first-order valence-corrected chi connectivity index (χ1v) is 6.10. The second-order valence-electron chi connectivity index (χ2n) is 4.39. The third-order valence-electron chi connectivity index (χ3n) is 3.16. The van der Waals surface area contributed by atoms with Crippen molar-refractivity contribution in [2.24, 2.45) is 11.8 Å². The number of hydrogen-bond donors (Lipinski definition) is 0. The molecule has 0 N–H and O–H groups in total. The summed E-state index contributed by atoms with van der Waals surface area (Å²) in [6.07, 6.45) is 2.32. The first-order chi connectivity index (χ1) is 7.50. The van der Waals surface area contributed by atoms with Gasteiger partial charge in [0, 0.05) is 5.02 Å². The van der Waals surface area contributed by atoms with Crippen LogP contribution in [0.25, 0.3) is 0 Å². The Morgan fingerprint density at radius 3 is 2.38 bits per heavy atom. The Kier molecular flexibility index (Phi) is 3.41. The van der Waals surface area contributed by atoms with E-state index in [1.54, 1.807) is 0 Å². The lowest BCUT2D eigenvalue weighted by Crippen LogP contribution is -2.07. The van der Waals surface area contributed by atoms with Gasteiger partial charge in [-0.3, -0.25) is 0 Å². The molecule has 0 aromatic heterocycles. The van der Waals surface area contributed by atoms with E-state index in [1.807, 2.05) is 6.92 Å². The monoisotopic (exact) mass is 264 g/mol. The van der Waals surface area contributed by atoms with Crippen LogP contribution in [0.15, 0.2) is 12.1 Å². The van der Waals surface area contributed by atoms with Crippen molar-refractivity contribution in [1.29, 1.82) is 0 Å². The van der Waals surface area contributed by atoms with Crippen LogP contribution in [0.3, 0.4) is 0 Å². The maximum absolute atomic E-state index is 13.1. The predicted octanol–water partition coefficient (Wildman–Crippen LogP) is 4.94. The van der Waals surface area contributed by atoms with Crippen molar-refractivity contribution in [3.8, 4) is 0 Å². The van der Waals surface area contributed by atoms with Crippen LogP contribution in [0.2, 0.25) is 5.02 Å². The largest absolute Gasteiger partial charge is 0.204 e. The first kappa shape index (κ1) is 12.1. The van der Waals surface area contributed by atoms with Gasteiger partial charge in [0.25, 0.3) is 0 Å². The number of halogens is 4. The molecule has 2 unspecified atom stereocenters. The van der Waals surface area contributed by atoms with Crippen molar-refractivity contribution in [3.05, 3.63) is 34.4 Å². The zero-order chi connectivity index (χ0) is 11.9. The molecule has 4 heteroatoms. The van der Waals surface area contributed by atoms with Crippen LogP contribution in [-0.2, 0) is 0 Å². The fraction of sp³-hybridized carbons (Fsp3) is 0.500. The van der Waals surface area contributed by atoms with Crippen LogP contribution in [0, 0.1) is 23.5 Å². The molecule has 0 spiro atoms. The molecule has 1 aromatic carbocycles. The normalized spacial score (nSPS) is 19.6. The zero-order valence-electron chi connectivity index (χ0n) is 8.81. The van der Waals surface area contributed by atoms with E-state index in [2.05, 4.69) is 0 Å². The van der Waals surface area contributed by atoms with Gasteiger partial charge in [-0.1, -0.05) is 18.5 Å². The molecule has 0 nitrogen and oxygen atoms in total. The van der Waals surface area contributed by atoms with Crippen molar-refractivity contribution >= 4 is 23.2 Å². The highest BCUT2D eigenvalue weighted by Crippen LogP contribution is 2.46. The number of alkyl halides is 1. The molecule has 0 radical (unpaired) electrons. The third-order valence-corrected chi connectivity index (χ3v) is 4.12. The molecule has 2 rings (SSSR count). The van der Waals surface area contributed by atoms with Crippen LogP contribution in [0.5, 0.6) is 0 Å². The first-order valence-electron chi connectivity index (χ1n) is 5.29. The SMILES string of the molecule is CC(C1CC1)C(Cl)c1cc(F)c(F)cc1Cl. The van der Waals surface area contributed by atoms with E-state index >= 15 is 0 Å². The minimum absolute atomic E-state index is 0.200. The van der Waals surface area contributed by atoms with Gasteiger partial charge in [-0.25, -0.2) is 8.78 Å². The zero-order valence-corrected chi connectivity index (χ0v) is 10.3. The Bertz CT molecular complexity index is 402. The summed E-state index contributed by atoms with van der Waals surface area (Å²) in [5, 5.41) is -0.151. The van der Waals surface area contributed by atoms with Gasteiger partial charge in [-0.2, -0.15) is 0 Å². The summed E-state index contributed by atoms with van der Waals surface area (Å²) in [5.74, 6) is -1.000. The summed E-state index contributed by atoms with van der Waals surface area (Å²) in [6.45, 7) is 2.02. The Balaban J connectivity index is 2.28. The Morgan fingerprint density at radius 2 is 1.81 bits per heavy atom. The van der Waals surface area contributed by atoms with Crippen molar-refractivity contribution in [2.45, 2.75) is 25.1 Å². The molecule has 0 heterocycles. The summed E-state index contributed by atoms with van der Waals surface area (Å²) in [7, 11) is 0. The average Bonchev–Trinajstić information content (AvgIpc) is 3.05. The van der Waals surface area contributed by atoms with Gasteiger partial charge in [0.15, 0.2) is 11.6 Å². The molecule has 1 saturated carbocycles. The summed E-state index contributed by atoms with van der Waals surface area (Å²) in [6, 6.07) is 2.09. The topological polar surface area (TPSA) is 0 Å². The van der Waals surface area contributed by atoms with Gasteiger partial charge >= 0.3 is 0 Å². The highest BCUT2D eigenvalue weighted by Gasteiger charge is 2.34. The lowest BCUT2D eigenvalue weighted by Gasteiger charge is -2.19. The summed E-state index contributed by atoms with van der Waals surface area (Å²) in [5.41, 5.74) is 0.488. The molecule has 0 saturated heterocycles. The fourth-order valence-electron chi connectivity index (χ4n) is 1.89. The molecular formula is C12H12Cl2F2. The van der Waals surface area contributed by atoms with E-state index in [1.165, 1.54) is 0 Å². The summed E-state index contributed by atoms with van der Waals surface area (Å²) in [4.78, 5) is 0. The van der Waals surface area contributed by atoms with E-state index in [0.29, 0.717) is 11.5 Å². The van der Waals surface area contributed by atoms with Gasteiger partial charge in [-0.05, 0) is 42.4 Å². The quantitative estimate of drug-likeness (QED) is 0.536. The number of hydrogen-bond acceptors (Lipinski definition) is 0. The summed E-state index contributed by atoms with van der Waals surface area (Å²) < 4.78 is 26.0. The predicted molar refractivity (Wildman–Crippen MR) is 61.9 cm³/mol. The van der Waals surface area contributed by atoms with Crippen molar-refractivity contribution in [1.82, 2.24) is 0 Å².